The quantitative estimate of drug-likeness (QED) is 0.288. The van der Waals surface area contributed by atoms with Crippen LogP contribution < -0.4 is 9.47 Å². The molecule has 5 aromatic rings. The van der Waals surface area contributed by atoms with Crippen molar-refractivity contribution in [3.63, 3.8) is 0 Å². The molecule has 0 saturated heterocycles. The molecule has 4 nitrogen and oxygen atoms in total. The van der Waals surface area contributed by atoms with E-state index in [1.807, 2.05) is 74.5 Å². The van der Waals surface area contributed by atoms with Gasteiger partial charge in [0.15, 0.2) is 0 Å². The van der Waals surface area contributed by atoms with E-state index in [1.165, 1.54) is 0 Å². The Morgan fingerprint density at radius 1 is 0.500 bits per heavy atom. The third kappa shape index (κ3) is 3.87. The summed E-state index contributed by atoms with van der Waals surface area (Å²) in [5.41, 5.74) is 5.37. The molecule has 4 heteroatoms. The fourth-order valence-electron chi connectivity index (χ4n) is 3.78. The number of pyridine rings is 2. The second kappa shape index (κ2) is 9.48. The summed E-state index contributed by atoms with van der Waals surface area (Å²) in [6, 6.07) is 28.2. The zero-order valence-corrected chi connectivity index (χ0v) is 18.8. The average molecular weight is 423 g/mol. The fourth-order valence-corrected chi connectivity index (χ4v) is 3.78. The number of rotatable bonds is 4. The van der Waals surface area contributed by atoms with Gasteiger partial charge in [0.2, 0.25) is 0 Å². The highest BCUT2D eigenvalue weighted by Crippen LogP contribution is 2.33. The topological polar surface area (TPSA) is 44.2 Å². The van der Waals surface area contributed by atoms with Gasteiger partial charge in [-0.05, 0) is 36.4 Å². The van der Waals surface area contributed by atoms with E-state index in [9.17, 15) is 0 Å². The summed E-state index contributed by atoms with van der Waals surface area (Å²) in [7, 11) is 3.35. The second-order valence-corrected chi connectivity index (χ2v) is 7.00. The lowest BCUT2D eigenvalue weighted by atomic mass is 10.0. The first-order valence-electron chi connectivity index (χ1n) is 10.8. The number of methoxy groups -OCH3 is 2. The molecule has 0 saturated carbocycles. The summed E-state index contributed by atoms with van der Waals surface area (Å²) in [4.78, 5) is 9.97. The van der Waals surface area contributed by atoms with Gasteiger partial charge in [0.1, 0.15) is 11.5 Å². The van der Waals surface area contributed by atoms with E-state index in [4.69, 9.17) is 19.4 Å². The van der Waals surface area contributed by atoms with Crippen molar-refractivity contribution in [3.8, 4) is 34.0 Å². The summed E-state index contributed by atoms with van der Waals surface area (Å²) in [5, 5.41) is 2.09. The molecule has 0 radical (unpaired) electrons. The molecule has 0 aliphatic rings. The Kier molecular flexibility index (Phi) is 6.31. The van der Waals surface area contributed by atoms with Gasteiger partial charge < -0.3 is 9.47 Å². The second-order valence-electron chi connectivity index (χ2n) is 7.00. The molecule has 0 aliphatic heterocycles. The molecular weight excluding hydrogens is 396 g/mol. The Morgan fingerprint density at radius 3 is 1.28 bits per heavy atom. The number of aromatic nitrogens is 2. The third-order valence-electron chi connectivity index (χ3n) is 5.29. The Balaban J connectivity index is 0.00000119. The van der Waals surface area contributed by atoms with E-state index in [0.717, 1.165) is 55.8 Å². The molecular formula is C28H26N2O2. The Morgan fingerprint density at radius 2 is 0.875 bits per heavy atom. The normalized spacial score (nSPS) is 10.5. The minimum Gasteiger partial charge on any atom is -0.496 e. The van der Waals surface area contributed by atoms with E-state index in [2.05, 4.69) is 24.3 Å². The van der Waals surface area contributed by atoms with Crippen molar-refractivity contribution in [3.05, 3.63) is 84.9 Å². The highest BCUT2D eigenvalue weighted by molar-refractivity contribution is 6.04. The van der Waals surface area contributed by atoms with Crippen LogP contribution in [0.2, 0.25) is 0 Å². The maximum Gasteiger partial charge on any atom is 0.128 e. The van der Waals surface area contributed by atoms with Gasteiger partial charge in [0, 0.05) is 21.9 Å². The zero-order chi connectivity index (χ0) is 22.5. The molecule has 0 N–H and O–H groups in total. The molecule has 0 spiro atoms. The number of fused-ring (bicyclic) bond motifs is 3. The van der Waals surface area contributed by atoms with Crippen LogP contribution in [-0.4, -0.2) is 24.2 Å². The zero-order valence-electron chi connectivity index (χ0n) is 18.8. The standard InChI is InChI=1S/C26H20N2O2.C2H6/c1-29-23-9-5-3-7-19(23)21-15-13-17-11-12-18-14-16-22(28-26(18)25(17)27-21)20-8-4-6-10-24(20)30-2;1-2/h3-16H,1-2H3;1-2H3. The number of nitrogens with zero attached hydrogens (tertiary/aromatic N) is 2. The number of hydrogen-bond donors (Lipinski definition) is 0. The van der Waals surface area contributed by atoms with E-state index in [1.54, 1.807) is 14.2 Å². The van der Waals surface area contributed by atoms with Crippen molar-refractivity contribution in [1.29, 1.82) is 0 Å². The van der Waals surface area contributed by atoms with Crippen molar-refractivity contribution in [2.45, 2.75) is 13.8 Å². The summed E-state index contributed by atoms with van der Waals surface area (Å²) < 4.78 is 11.1. The molecule has 5 rings (SSSR count). The summed E-state index contributed by atoms with van der Waals surface area (Å²) in [5.74, 6) is 1.60. The van der Waals surface area contributed by atoms with Crippen LogP contribution >= 0.6 is 0 Å². The molecule has 3 aromatic carbocycles. The molecule has 0 unspecified atom stereocenters. The van der Waals surface area contributed by atoms with Gasteiger partial charge in [-0.2, -0.15) is 0 Å². The first kappa shape index (κ1) is 21.3. The minimum atomic E-state index is 0.798. The number of benzene rings is 3. The van der Waals surface area contributed by atoms with Crippen LogP contribution in [0.5, 0.6) is 11.5 Å². The van der Waals surface area contributed by atoms with Crippen LogP contribution in [0.3, 0.4) is 0 Å². The van der Waals surface area contributed by atoms with Crippen molar-refractivity contribution in [1.82, 2.24) is 9.97 Å². The molecule has 0 atom stereocenters. The molecule has 0 fully saturated rings. The monoisotopic (exact) mass is 422 g/mol. The molecule has 0 amide bonds. The maximum absolute atomic E-state index is 5.53. The van der Waals surface area contributed by atoms with Gasteiger partial charge in [0.05, 0.1) is 36.6 Å². The van der Waals surface area contributed by atoms with Crippen LogP contribution in [0.25, 0.3) is 44.3 Å². The van der Waals surface area contributed by atoms with Gasteiger partial charge in [-0.3, -0.25) is 0 Å². The predicted octanol–water partition coefficient (Wildman–Crippen LogP) is 7.16. The van der Waals surface area contributed by atoms with Gasteiger partial charge in [-0.25, -0.2) is 9.97 Å². The van der Waals surface area contributed by atoms with Crippen molar-refractivity contribution in [2.75, 3.05) is 14.2 Å². The summed E-state index contributed by atoms with van der Waals surface area (Å²) in [6.07, 6.45) is 0. The average Bonchev–Trinajstić information content (AvgIpc) is 2.89. The summed E-state index contributed by atoms with van der Waals surface area (Å²) in [6.45, 7) is 4.00. The van der Waals surface area contributed by atoms with Crippen molar-refractivity contribution < 1.29 is 9.47 Å². The van der Waals surface area contributed by atoms with Crippen LogP contribution in [-0.2, 0) is 0 Å². The molecule has 2 heterocycles. The van der Waals surface area contributed by atoms with Crippen LogP contribution in [0, 0.1) is 0 Å². The minimum absolute atomic E-state index is 0.798. The Labute approximate surface area is 188 Å². The summed E-state index contributed by atoms with van der Waals surface area (Å²) >= 11 is 0. The first-order chi connectivity index (χ1) is 15.8. The largest absolute Gasteiger partial charge is 0.496 e. The van der Waals surface area contributed by atoms with Crippen LogP contribution in [0.4, 0.5) is 0 Å². The highest BCUT2D eigenvalue weighted by atomic mass is 16.5. The highest BCUT2D eigenvalue weighted by Gasteiger charge is 2.12. The Hall–Kier alpha value is -3.92. The van der Waals surface area contributed by atoms with Crippen LogP contribution in [0.15, 0.2) is 84.9 Å². The number of ether oxygens (including phenoxy) is 2. The van der Waals surface area contributed by atoms with Crippen molar-refractivity contribution >= 4 is 21.8 Å². The molecule has 32 heavy (non-hydrogen) atoms. The van der Waals surface area contributed by atoms with Crippen molar-refractivity contribution in [2.24, 2.45) is 0 Å². The molecule has 2 aromatic heterocycles. The SMILES string of the molecule is CC.COc1ccccc1-c1ccc2ccc3ccc(-c4ccccc4OC)nc3c2n1. The lowest BCUT2D eigenvalue weighted by Crippen LogP contribution is -1.93. The molecule has 0 bridgehead atoms. The molecule has 0 aliphatic carbocycles. The smallest absolute Gasteiger partial charge is 0.128 e. The first-order valence-corrected chi connectivity index (χ1v) is 10.8. The Bertz CT molecular complexity index is 1270. The van der Waals surface area contributed by atoms with E-state index in [0.29, 0.717) is 0 Å². The lowest BCUT2D eigenvalue weighted by Gasteiger charge is -2.11. The number of hydrogen-bond acceptors (Lipinski definition) is 4. The van der Waals surface area contributed by atoms with E-state index < -0.39 is 0 Å². The van der Waals surface area contributed by atoms with Gasteiger partial charge in [0.25, 0.3) is 0 Å². The van der Waals surface area contributed by atoms with Gasteiger partial charge in [-0.15, -0.1) is 0 Å². The van der Waals surface area contributed by atoms with E-state index >= 15 is 0 Å². The molecule has 160 valence electrons. The number of para-hydroxylation sites is 2. The van der Waals surface area contributed by atoms with Crippen LogP contribution in [0.1, 0.15) is 13.8 Å². The lowest BCUT2D eigenvalue weighted by molar-refractivity contribution is 0.416. The third-order valence-corrected chi connectivity index (χ3v) is 5.29. The maximum atomic E-state index is 5.53. The van der Waals surface area contributed by atoms with Gasteiger partial charge in [-0.1, -0.05) is 62.4 Å². The van der Waals surface area contributed by atoms with E-state index in [-0.39, 0.29) is 0 Å². The predicted molar refractivity (Wildman–Crippen MR) is 132 cm³/mol. The fraction of sp³-hybridized carbons (Fsp3) is 0.143. The van der Waals surface area contributed by atoms with Gasteiger partial charge >= 0.3 is 0 Å².